The van der Waals surface area contributed by atoms with Gasteiger partial charge in [-0.3, -0.25) is 14.6 Å². The number of nitrogens with zero attached hydrogens (tertiary/aromatic N) is 1. The molecule has 0 unspecified atom stereocenters. The highest BCUT2D eigenvalue weighted by molar-refractivity contribution is 5.94. The van der Waals surface area contributed by atoms with Crippen molar-refractivity contribution in [2.45, 2.75) is 43.9 Å². The molecule has 0 aliphatic carbocycles. The minimum absolute atomic E-state index is 0.0352. The standard InChI is InChI=1S/C22H26FN3O4/c23-18-7-2-1-6-17(18)22(29)26-19-9-8-16(30-20(19)14-27)10-12-25-21(28)13-15-5-3-4-11-24-15/h1-7,11,16,19-20,27H,8-10,12-14H2,(H,25,28)(H,26,29)/t16-,19-,20+/m0/s1. The second-order valence-corrected chi connectivity index (χ2v) is 7.25. The number of rotatable bonds is 8. The first-order valence-corrected chi connectivity index (χ1v) is 10.0. The molecule has 0 saturated carbocycles. The number of hydrogen-bond acceptors (Lipinski definition) is 5. The summed E-state index contributed by atoms with van der Waals surface area (Å²) in [6.07, 6.45) is 3.00. The van der Waals surface area contributed by atoms with Crippen molar-refractivity contribution in [2.24, 2.45) is 0 Å². The molecule has 0 bridgehead atoms. The fourth-order valence-corrected chi connectivity index (χ4v) is 3.50. The second-order valence-electron chi connectivity index (χ2n) is 7.25. The molecule has 2 heterocycles. The van der Waals surface area contributed by atoms with Gasteiger partial charge in [0.1, 0.15) is 11.9 Å². The smallest absolute Gasteiger partial charge is 0.254 e. The van der Waals surface area contributed by atoms with Gasteiger partial charge in [0.15, 0.2) is 0 Å². The van der Waals surface area contributed by atoms with Crippen LogP contribution in [0.25, 0.3) is 0 Å². The third-order valence-electron chi connectivity index (χ3n) is 5.09. The number of aliphatic hydroxyl groups excluding tert-OH is 1. The van der Waals surface area contributed by atoms with Crippen molar-refractivity contribution in [3.8, 4) is 0 Å². The van der Waals surface area contributed by atoms with E-state index in [1.54, 1.807) is 24.4 Å². The lowest BCUT2D eigenvalue weighted by atomic mass is 9.96. The predicted molar refractivity (Wildman–Crippen MR) is 108 cm³/mol. The Balaban J connectivity index is 1.43. The Hall–Kier alpha value is -2.84. The maximum atomic E-state index is 13.8. The Labute approximate surface area is 174 Å². The zero-order valence-corrected chi connectivity index (χ0v) is 16.6. The molecule has 30 heavy (non-hydrogen) atoms. The average Bonchev–Trinajstić information content (AvgIpc) is 2.75. The van der Waals surface area contributed by atoms with Crippen molar-refractivity contribution in [1.29, 1.82) is 0 Å². The van der Waals surface area contributed by atoms with E-state index >= 15 is 0 Å². The summed E-state index contributed by atoms with van der Waals surface area (Å²) >= 11 is 0. The van der Waals surface area contributed by atoms with Crippen LogP contribution in [0.4, 0.5) is 4.39 Å². The predicted octanol–water partition coefficient (Wildman–Crippen LogP) is 1.61. The van der Waals surface area contributed by atoms with E-state index in [1.807, 2.05) is 6.07 Å². The van der Waals surface area contributed by atoms with E-state index in [0.717, 1.165) is 0 Å². The summed E-state index contributed by atoms with van der Waals surface area (Å²) in [5, 5.41) is 15.3. The number of aromatic nitrogens is 1. The van der Waals surface area contributed by atoms with Crippen LogP contribution in [0.3, 0.4) is 0 Å². The number of carbonyl (C=O) groups excluding carboxylic acids is 2. The van der Waals surface area contributed by atoms with Gasteiger partial charge in [-0.15, -0.1) is 0 Å². The number of halogens is 1. The first-order chi connectivity index (χ1) is 14.6. The minimum atomic E-state index is -0.591. The van der Waals surface area contributed by atoms with Crippen LogP contribution in [0.15, 0.2) is 48.7 Å². The zero-order chi connectivity index (χ0) is 21.3. The van der Waals surface area contributed by atoms with Gasteiger partial charge in [-0.2, -0.15) is 0 Å². The van der Waals surface area contributed by atoms with Crippen LogP contribution >= 0.6 is 0 Å². The molecule has 3 rings (SSSR count). The summed E-state index contributed by atoms with van der Waals surface area (Å²) in [6, 6.07) is 10.8. The van der Waals surface area contributed by atoms with Gasteiger partial charge in [0.2, 0.25) is 5.91 Å². The van der Waals surface area contributed by atoms with Gasteiger partial charge in [-0.05, 0) is 43.5 Å². The Morgan fingerprint density at radius 1 is 1.17 bits per heavy atom. The van der Waals surface area contributed by atoms with Crippen LogP contribution in [-0.4, -0.2) is 53.3 Å². The third kappa shape index (κ3) is 6.08. The minimum Gasteiger partial charge on any atom is -0.394 e. The van der Waals surface area contributed by atoms with E-state index in [-0.39, 0.29) is 30.6 Å². The number of aliphatic hydroxyl groups is 1. The van der Waals surface area contributed by atoms with Gasteiger partial charge >= 0.3 is 0 Å². The molecule has 1 aromatic heterocycles. The summed E-state index contributed by atoms with van der Waals surface area (Å²) in [5.74, 6) is -1.23. The lowest BCUT2D eigenvalue weighted by Crippen LogP contribution is -2.51. The molecule has 7 nitrogen and oxygen atoms in total. The molecule has 0 spiro atoms. The highest BCUT2D eigenvalue weighted by Gasteiger charge is 2.32. The van der Waals surface area contributed by atoms with Crippen molar-refractivity contribution in [3.63, 3.8) is 0 Å². The Morgan fingerprint density at radius 2 is 1.97 bits per heavy atom. The molecule has 1 aromatic carbocycles. The number of hydrogen-bond donors (Lipinski definition) is 3. The number of pyridine rings is 1. The molecule has 1 saturated heterocycles. The van der Waals surface area contributed by atoms with Gasteiger partial charge in [-0.1, -0.05) is 18.2 Å². The fourth-order valence-electron chi connectivity index (χ4n) is 3.50. The van der Waals surface area contributed by atoms with Gasteiger partial charge in [0.05, 0.1) is 30.7 Å². The van der Waals surface area contributed by atoms with Crippen LogP contribution in [0, 0.1) is 5.82 Å². The molecule has 3 N–H and O–H groups in total. The van der Waals surface area contributed by atoms with E-state index in [9.17, 15) is 19.1 Å². The molecule has 1 aliphatic heterocycles. The molecule has 2 amide bonds. The van der Waals surface area contributed by atoms with E-state index in [1.165, 1.54) is 18.2 Å². The molecule has 160 valence electrons. The van der Waals surface area contributed by atoms with Gasteiger partial charge in [0, 0.05) is 18.4 Å². The molecule has 8 heteroatoms. The molecule has 3 atom stereocenters. The Morgan fingerprint density at radius 3 is 2.70 bits per heavy atom. The number of ether oxygens (including phenoxy) is 1. The van der Waals surface area contributed by atoms with E-state index < -0.39 is 23.9 Å². The van der Waals surface area contributed by atoms with Gasteiger partial charge in [0.25, 0.3) is 5.91 Å². The second kappa shape index (κ2) is 10.8. The van der Waals surface area contributed by atoms with E-state index in [0.29, 0.717) is 31.5 Å². The number of nitrogens with one attached hydrogen (secondary N) is 2. The number of amides is 2. The van der Waals surface area contributed by atoms with Crippen molar-refractivity contribution in [1.82, 2.24) is 15.6 Å². The Bertz CT molecular complexity index is 849. The third-order valence-corrected chi connectivity index (χ3v) is 5.09. The molecule has 0 radical (unpaired) electrons. The summed E-state index contributed by atoms with van der Waals surface area (Å²) < 4.78 is 19.7. The average molecular weight is 415 g/mol. The van der Waals surface area contributed by atoms with Gasteiger partial charge in [-0.25, -0.2) is 4.39 Å². The lowest BCUT2D eigenvalue weighted by molar-refractivity contribution is -0.121. The van der Waals surface area contributed by atoms with Crippen molar-refractivity contribution < 1.29 is 23.8 Å². The van der Waals surface area contributed by atoms with E-state index in [4.69, 9.17) is 4.74 Å². The van der Waals surface area contributed by atoms with E-state index in [2.05, 4.69) is 15.6 Å². The summed E-state index contributed by atoms with van der Waals surface area (Å²) in [7, 11) is 0. The number of carbonyl (C=O) groups is 2. The lowest BCUT2D eigenvalue weighted by Gasteiger charge is -2.36. The van der Waals surface area contributed by atoms with Gasteiger partial charge < -0.3 is 20.5 Å². The van der Waals surface area contributed by atoms with Crippen LogP contribution in [-0.2, 0) is 16.0 Å². The SMILES string of the molecule is O=C(Cc1ccccn1)NCC[C@@H]1CC[C@H](NC(=O)c2ccccc2F)[C@@H](CO)O1. The first-order valence-electron chi connectivity index (χ1n) is 10.0. The molecular formula is C22H26FN3O4. The van der Waals surface area contributed by atoms with Crippen LogP contribution in [0.5, 0.6) is 0 Å². The normalized spacial score (nSPS) is 21.1. The Kier molecular flexibility index (Phi) is 7.87. The van der Waals surface area contributed by atoms with Crippen molar-refractivity contribution in [2.75, 3.05) is 13.2 Å². The first kappa shape index (κ1) is 21.9. The molecular weight excluding hydrogens is 389 g/mol. The molecule has 1 aliphatic rings. The zero-order valence-electron chi connectivity index (χ0n) is 16.6. The fraction of sp³-hybridized carbons (Fsp3) is 0.409. The number of benzene rings is 1. The maximum Gasteiger partial charge on any atom is 0.254 e. The maximum absolute atomic E-state index is 13.8. The van der Waals surface area contributed by atoms with Crippen LogP contribution in [0.1, 0.15) is 35.3 Å². The molecule has 2 aromatic rings. The summed E-state index contributed by atoms with van der Waals surface area (Å²) in [6.45, 7) is 0.186. The largest absolute Gasteiger partial charge is 0.394 e. The summed E-state index contributed by atoms with van der Waals surface area (Å²) in [5.41, 5.74) is 0.671. The highest BCUT2D eigenvalue weighted by atomic mass is 19.1. The summed E-state index contributed by atoms with van der Waals surface area (Å²) in [4.78, 5) is 28.5. The van der Waals surface area contributed by atoms with Crippen molar-refractivity contribution in [3.05, 3.63) is 65.7 Å². The highest BCUT2D eigenvalue weighted by Crippen LogP contribution is 2.22. The molecule has 1 fully saturated rings. The van der Waals surface area contributed by atoms with Crippen LogP contribution < -0.4 is 10.6 Å². The quantitative estimate of drug-likeness (QED) is 0.608. The van der Waals surface area contributed by atoms with Crippen molar-refractivity contribution >= 4 is 11.8 Å². The van der Waals surface area contributed by atoms with Crippen LogP contribution in [0.2, 0.25) is 0 Å². The monoisotopic (exact) mass is 415 g/mol. The topological polar surface area (TPSA) is 101 Å².